The van der Waals surface area contributed by atoms with Crippen LogP contribution in [0.1, 0.15) is 25.8 Å². The lowest BCUT2D eigenvalue weighted by atomic mass is 10.0. The van der Waals surface area contributed by atoms with Gasteiger partial charge in [-0.05, 0) is 31.0 Å². The Labute approximate surface area is 112 Å². The van der Waals surface area contributed by atoms with E-state index in [1.807, 2.05) is 38.2 Å². The first kappa shape index (κ1) is 13.4. The van der Waals surface area contributed by atoms with E-state index < -0.39 is 5.60 Å². The lowest BCUT2D eigenvalue weighted by molar-refractivity contribution is 0.0556. The number of aliphatic hydroxyl groups is 1. The van der Waals surface area contributed by atoms with Crippen molar-refractivity contribution < 1.29 is 5.11 Å². The second-order valence-corrected chi connectivity index (χ2v) is 5.39. The highest BCUT2D eigenvalue weighted by Gasteiger charge is 2.16. The Hall–Kier alpha value is -1.03. The molecule has 0 aliphatic carbocycles. The van der Waals surface area contributed by atoms with Crippen LogP contribution in [0.4, 0.5) is 0 Å². The minimum atomic E-state index is -0.643. The summed E-state index contributed by atoms with van der Waals surface area (Å²) in [4.78, 5) is 3.20. The second kappa shape index (κ2) is 5.31. The molecule has 1 unspecified atom stereocenters. The molecule has 1 aromatic heterocycles. The van der Waals surface area contributed by atoms with Gasteiger partial charge in [-0.25, -0.2) is 0 Å². The predicted molar refractivity (Wildman–Crippen MR) is 75.9 cm³/mol. The predicted octanol–water partition coefficient (Wildman–Crippen LogP) is 3.07. The summed E-state index contributed by atoms with van der Waals surface area (Å²) in [6.07, 6.45) is 2.72. The molecule has 98 valence electrons. The van der Waals surface area contributed by atoms with E-state index in [-0.39, 0.29) is 0 Å². The minimum absolute atomic E-state index is 0.587. The van der Waals surface area contributed by atoms with Gasteiger partial charge in [0.2, 0.25) is 0 Å². The fraction of sp³-hybridized carbons (Fsp3) is 0.429. The molecular formula is C14H19ClN2O. The highest BCUT2D eigenvalue weighted by atomic mass is 35.5. The summed E-state index contributed by atoms with van der Waals surface area (Å²) < 4.78 is 0. The summed E-state index contributed by atoms with van der Waals surface area (Å²) in [5.74, 6) is 0. The molecule has 0 bridgehead atoms. The fourth-order valence-electron chi connectivity index (χ4n) is 1.90. The van der Waals surface area contributed by atoms with Crippen molar-refractivity contribution in [3.05, 3.63) is 35.0 Å². The number of rotatable bonds is 5. The van der Waals surface area contributed by atoms with E-state index in [0.29, 0.717) is 6.54 Å². The van der Waals surface area contributed by atoms with Gasteiger partial charge in [0.05, 0.1) is 5.60 Å². The molecule has 3 N–H and O–H groups in total. The van der Waals surface area contributed by atoms with E-state index in [2.05, 4.69) is 10.3 Å². The number of halogens is 1. The fourth-order valence-corrected chi connectivity index (χ4v) is 2.07. The molecule has 0 radical (unpaired) electrons. The third kappa shape index (κ3) is 3.05. The SMILES string of the molecule is CCC(C)(O)CNCc1c[nH]c2cc(Cl)ccc12. The van der Waals surface area contributed by atoms with Gasteiger partial charge in [-0.1, -0.05) is 24.6 Å². The zero-order chi connectivity index (χ0) is 13.2. The number of hydrogen-bond donors (Lipinski definition) is 3. The van der Waals surface area contributed by atoms with E-state index in [0.717, 1.165) is 23.5 Å². The molecule has 3 nitrogen and oxygen atoms in total. The molecule has 4 heteroatoms. The Morgan fingerprint density at radius 1 is 1.44 bits per heavy atom. The molecule has 1 aromatic carbocycles. The molecule has 0 aliphatic rings. The number of aromatic nitrogens is 1. The number of fused-ring (bicyclic) bond motifs is 1. The third-order valence-corrected chi connectivity index (χ3v) is 3.55. The van der Waals surface area contributed by atoms with Crippen molar-refractivity contribution in [1.29, 1.82) is 0 Å². The van der Waals surface area contributed by atoms with Gasteiger partial charge >= 0.3 is 0 Å². The van der Waals surface area contributed by atoms with Crippen molar-refractivity contribution in [3.8, 4) is 0 Å². The summed E-state index contributed by atoms with van der Waals surface area (Å²) in [5, 5.41) is 15.1. The Balaban J connectivity index is 2.04. The average Bonchev–Trinajstić information content (AvgIpc) is 2.71. The first-order chi connectivity index (χ1) is 8.52. The average molecular weight is 267 g/mol. The van der Waals surface area contributed by atoms with Crippen molar-refractivity contribution in [2.24, 2.45) is 0 Å². The molecule has 2 aromatic rings. The first-order valence-electron chi connectivity index (χ1n) is 6.20. The maximum absolute atomic E-state index is 9.91. The van der Waals surface area contributed by atoms with Crippen LogP contribution in [0.2, 0.25) is 5.02 Å². The molecule has 0 aliphatic heterocycles. The Bertz CT molecular complexity index is 534. The standard InChI is InChI=1S/C14H19ClN2O/c1-3-14(2,18)9-16-7-10-8-17-13-6-11(15)4-5-12(10)13/h4-6,8,16-18H,3,7,9H2,1-2H3. The maximum Gasteiger partial charge on any atom is 0.0741 e. The number of H-pyrrole nitrogens is 1. The van der Waals surface area contributed by atoms with Crippen LogP contribution in [-0.4, -0.2) is 22.2 Å². The van der Waals surface area contributed by atoms with E-state index in [1.165, 1.54) is 10.9 Å². The van der Waals surface area contributed by atoms with Gasteiger partial charge in [-0.15, -0.1) is 0 Å². The first-order valence-corrected chi connectivity index (χ1v) is 6.58. The van der Waals surface area contributed by atoms with Crippen LogP contribution in [0.3, 0.4) is 0 Å². The lowest BCUT2D eigenvalue weighted by Crippen LogP contribution is -2.36. The van der Waals surface area contributed by atoms with E-state index in [1.54, 1.807) is 0 Å². The van der Waals surface area contributed by atoms with Gasteiger partial charge in [0.25, 0.3) is 0 Å². The van der Waals surface area contributed by atoms with Crippen LogP contribution in [0, 0.1) is 0 Å². The lowest BCUT2D eigenvalue weighted by Gasteiger charge is -2.21. The van der Waals surface area contributed by atoms with Gasteiger partial charge in [0.1, 0.15) is 0 Å². The third-order valence-electron chi connectivity index (χ3n) is 3.31. The van der Waals surface area contributed by atoms with Crippen molar-refractivity contribution in [2.45, 2.75) is 32.4 Å². The topological polar surface area (TPSA) is 48.0 Å². The molecule has 0 spiro atoms. The number of aromatic amines is 1. The van der Waals surface area contributed by atoms with Gasteiger partial charge in [-0.2, -0.15) is 0 Å². The molecule has 0 saturated carbocycles. The molecule has 1 heterocycles. The van der Waals surface area contributed by atoms with Crippen LogP contribution in [0.25, 0.3) is 10.9 Å². The van der Waals surface area contributed by atoms with Gasteiger partial charge < -0.3 is 15.4 Å². The Kier molecular flexibility index (Phi) is 3.95. The van der Waals surface area contributed by atoms with Gasteiger partial charge in [0, 0.05) is 35.2 Å². The monoisotopic (exact) mass is 266 g/mol. The minimum Gasteiger partial charge on any atom is -0.389 e. The van der Waals surface area contributed by atoms with Crippen molar-refractivity contribution >= 4 is 22.5 Å². The summed E-state index contributed by atoms with van der Waals surface area (Å²) in [6.45, 7) is 5.14. The van der Waals surface area contributed by atoms with Gasteiger partial charge in [-0.3, -0.25) is 0 Å². The van der Waals surface area contributed by atoms with E-state index in [4.69, 9.17) is 11.6 Å². The summed E-state index contributed by atoms with van der Waals surface area (Å²) in [6, 6.07) is 5.83. The molecule has 0 saturated heterocycles. The summed E-state index contributed by atoms with van der Waals surface area (Å²) in [5.41, 5.74) is 1.59. The molecule has 18 heavy (non-hydrogen) atoms. The number of nitrogens with one attached hydrogen (secondary N) is 2. The number of hydrogen-bond acceptors (Lipinski definition) is 2. The zero-order valence-corrected chi connectivity index (χ0v) is 11.5. The Morgan fingerprint density at radius 3 is 2.94 bits per heavy atom. The van der Waals surface area contributed by atoms with Crippen LogP contribution in [0.15, 0.2) is 24.4 Å². The van der Waals surface area contributed by atoms with E-state index in [9.17, 15) is 5.11 Å². The maximum atomic E-state index is 9.91. The van der Waals surface area contributed by atoms with Crippen molar-refractivity contribution in [2.75, 3.05) is 6.54 Å². The summed E-state index contributed by atoms with van der Waals surface area (Å²) >= 11 is 5.94. The van der Waals surface area contributed by atoms with Crippen LogP contribution < -0.4 is 5.32 Å². The largest absolute Gasteiger partial charge is 0.389 e. The molecule has 2 rings (SSSR count). The number of benzene rings is 1. The smallest absolute Gasteiger partial charge is 0.0741 e. The Morgan fingerprint density at radius 2 is 2.22 bits per heavy atom. The van der Waals surface area contributed by atoms with Crippen LogP contribution in [0.5, 0.6) is 0 Å². The molecular weight excluding hydrogens is 248 g/mol. The normalized spacial score (nSPS) is 14.9. The zero-order valence-electron chi connectivity index (χ0n) is 10.8. The summed E-state index contributed by atoms with van der Waals surface area (Å²) in [7, 11) is 0. The molecule has 0 fully saturated rings. The molecule has 0 amide bonds. The highest BCUT2D eigenvalue weighted by Crippen LogP contribution is 2.22. The van der Waals surface area contributed by atoms with E-state index >= 15 is 0 Å². The van der Waals surface area contributed by atoms with Crippen molar-refractivity contribution in [3.63, 3.8) is 0 Å². The second-order valence-electron chi connectivity index (χ2n) is 4.96. The van der Waals surface area contributed by atoms with Crippen LogP contribution >= 0.6 is 11.6 Å². The molecule has 1 atom stereocenters. The van der Waals surface area contributed by atoms with Gasteiger partial charge in [0.15, 0.2) is 0 Å². The highest BCUT2D eigenvalue weighted by molar-refractivity contribution is 6.31. The van der Waals surface area contributed by atoms with Crippen molar-refractivity contribution in [1.82, 2.24) is 10.3 Å². The quantitative estimate of drug-likeness (QED) is 0.779. The van der Waals surface area contributed by atoms with Crippen LogP contribution in [-0.2, 0) is 6.54 Å².